The number of H-pyrrole nitrogens is 1. The molecule has 0 spiro atoms. The highest BCUT2D eigenvalue weighted by Gasteiger charge is 2.05. The molecule has 1 aromatic heterocycles. The zero-order valence-electron chi connectivity index (χ0n) is 7.54. The third-order valence-corrected chi connectivity index (χ3v) is 2.00. The Labute approximate surface area is 73.6 Å². The van der Waals surface area contributed by atoms with Crippen LogP contribution in [0.25, 0.3) is 0 Å². The Hall–Kier alpha value is -1.20. The molecule has 2 nitrogen and oxygen atoms in total. The summed E-state index contributed by atoms with van der Waals surface area (Å²) in [7, 11) is 2.03. The minimum absolute atomic E-state index is 0.194. The Bertz CT molecular complexity index is 256. The van der Waals surface area contributed by atoms with Gasteiger partial charge in [-0.3, -0.25) is 4.90 Å². The highest BCUT2D eigenvalue weighted by atomic mass is 15.1. The molecule has 1 N–H and O–H groups in total. The zero-order valence-corrected chi connectivity index (χ0v) is 7.54. The second-order valence-electron chi connectivity index (χ2n) is 2.98. The fourth-order valence-corrected chi connectivity index (χ4v) is 1.01. The van der Waals surface area contributed by atoms with Crippen LogP contribution in [0.4, 0.5) is 0 Å². The lowest BCUT2D eigenvalue weighted by molar-refractivity contribution is 0.297. The van der Waals surface area contributed by atoms with E-state index in [-0.39, 0.29) is 6.04 Å². The van der Waals surface area contributed by atoms with Crippen molar-refractivity contribution in [3.8, 4) is 12.3 Å². The average Bonchev–Trinajstić information content (AvgIpc) is 2.55. The molecule has 1 heterocycles. The summed E-state index contributed by atoms with van der Waals surface area (Å²) in [5.74, 6) is 2.69. The minimum Gasteiger partial charge on any atom is -0.367 e. The first-order valence-corrected chi connectivity index (χ1v) is 4.02. The molecule has 12 heavy (non-hydrogen) atoms. The van der Waals surface area contributed by atoms with Crippen molar-refractivity contribution in [1.29, 1.82) is 0 Å². The van der Waals surface area contributed by atoms with Gasteiger partial charge in [-0.2, -0.15) is 0 Å². The SMILES string of the molecule is C#CC(C)N(C)Cc1cc[nH]c1. The number of aromatic amines is 1. The zero-order chi connectivity index (χ0) is 8.97. The summed E-state index contributed by atoms with van der Waals surface area (Å²) in [5.41, 5.74) is 1.26. The van der Waals surface area contributed by atoms with Crippen molar-refractivity contribution in [2.75, 3.05) is 7.05 Å². The summed E-state index contributed by atoms with van der Waals surface area (Å²) in [6.07, 6.45) is 9.21. The topological polar surface area (TPSA) is 19.0 Å². The first kappa shape index (κ1) is 8.89. The Balaban J connectivity index is 2.48. The smallest absolute Gasteiger partial charge is 0.0683 e. The summed E-state index contributed by atoms with van der Waals surface area (Å²) in [6, 6.07) is 2.25. The van der Waals surface area contributed by atoms with Gasteiger partial charge in [-0.1, -0.05) is 5.92 Å². The van der Waals surface area contributed by atoms with Crippen LogP contribution in [0.3, 0.4) is 0 Å². The second-order valence-corrected chi connectivity index (χ2v) is 2.98. The Morgan fingerprint density at radius 3 is 3.00 bits per heavy atom. The van der Waals surface area contributed by atoms with Crippen LogP contribution in [0.2, 0.25) is 0 Å². The molecule has 0 radical (unpaired) electrons. The molecule has 1 atom stereocenters. The normalized spacial score (nSPS) is 12.8. The van der Waals surface area contributed by atoms with Gasteiger partial charge in [-0.15, -0.1) is 6.42 Å². The quantitative estimate of drug-likeness (QED) is 0.667. The predicted octanol–water partition coefficient (Wildman–Crippen LogP) is 1.47. The molecule has 0 aliphatic heterocycles. The van der Waals surface area contributed by atoms with Gasteiger partial charge in [-0.05, 0) is 25.6 Å². The van der Waals surface area contributed by atoms with Crippen molar-refractivity contribution >= 4 is 0 Å². The molecule has 0 aliphatic carbocycles. The summed E-state index contributed by atoms with van der Waals surface area (Å²) >= 11 is 0. The van der Waals surface area contributed by atoms with Crippen molar-refractivity contribution in [1.82, 2.24) is 9.88 Å². The molecular formula is C10H14N2. The van der Waals surface area contributed by atoms with Crippen LogP contribution < -0.4 is 0 Å². The van der Waals surface area contributed by atoms with Crippen LogP contribution in [0.1, 0.15) is 12.5 Å². The van der Waals surface area contributed by atoms with Gasteiger partial charge in [-0.25, -0.2) is 0 Å². The molecule has 0 saturated heterocycles. The van der Waals surface area contributed by atoms with Crippen LogP contribution in [-0.4, -0.2) is 23.0 Å². The van der Waals surface area contributed by atoms with Crippen LogP contribution in [0.15, 0.2) is 18.5 Å². The van der Waals surface area contributed by atoms with Gasteiger partial charge in [0.05, 0.1) is 6.04 Å². The van der Waals surface area contributed by atoms with E-state index >= 15 is 0 Å². The predicted molar refractivity (Wildman–Crippen MR) is 50.6 cm³/mol. The van der Waals surface area contributed by atoms with Crippen molar-refractivity contribution in [3.05, 3.63) is 24.0 Å². The van der Waals surface area contributed by atoms with Crippen LogP contribution >= 0.6 is 0 Å². The highest BCUT2D eigenvalue weighted by molar-refractivity contribution is 5.09. The lowest BCUT2D eigenvalue weighted by Gasteiger charge is -2.18. The third-order valence-electron chi connectivity index (χ3n) is 2.00. The summed E-state index contributed by atoms with van der Waals surface area (Å²) in [6.45, 7) is 2.92. The maximum absolute atomic E-state index is 5.30. The molecular weight excluding hydrogens is 148 g/mol. The first-order chi connectivity index (χ1) is 5.74. The summed E-state index contributed by atoms with van der Waals surface area (Å²) in [4.78, 5) is 5.14. The van der Waals surface area contributed by atoms with E-state index in [0.29, 0.717) is 0 Å². The number of terminal acetylenes is 1. The molecule has 0 amide bonds. The van der Waals surface area contributed by atoms with Gasteiger partial charge in [0, 0.05) is 18.9 Å². The minimum atomic E-state index is 0.194. The summed E-state index contributed by atoms with van der Waals surface area (Å²) < 4.78 is 0. The van der Waals surface area contributed by atoms with E-state index in [9.17, 15) is 0 Å². The number of aromatic nitrogens is 1. The van der Waals surface area contributed by atoms with Crippen molar-refractivity contribution in [3.63, 3.8) is 0 Å². The second kappa shape index (κ2) is 3.99. The average molecular weight is 162 g/mol. The number of nitrogens with zero attached hydrogens (tertiary/aromatic N) is 1. The lowest BCUT2D eigenvalue weighted by Crippen LogP contribution is -2.26. The Kier molecular flexibility index (Phi) is 2.95. The maximum Gasteiger partial charge on any atom is 0.0683 e. The van der Waals surface area contributed by atoms with E-state index in [0.717, 1.165) is 6.54 Å². The van der Waals surface area contributed by atoms with Gasteiger partial charge in [0.25, 0.3) is 0 Å². The van der Waals surface area contributed by atoms with Crippen LogP contribution in [0.5, 0.6) is 0 Å². The largest absolute Gasteiger partial charge is 0.367 e. The first-order valence-electron chi connectivity index (χ1n) is 4.02. The van der Waals surface area contributed by atoms with Gasteiger partial charge in [0.15, 0.2) is 0 Å². The molecule has 0 bridgehead atoms. The fourth-order valence-electron chi connectivity index (χ4n) is 1.01. The summed E-state index contributed by atoms with van der Waals surface area (Å²) in [5, 5.41) is 0. The molecule has 2 heteroatoms. The number of nitrogens with one attached hydrogen (secondary N) is 1. The standard InChI is InChI=1S/C10H14N2/c1-4-9(2)12(3)8-10-5-6-11-7-10/h1,5-7,9,11H,8H2,2-3H3. The van der Waals surface area contributed by atoms with E-state index in [1.165, 1.54) is 5.56 Å². The fraction of sp³-hybridized carbons (Fsp3) is 0.400. The number of hydrogen-bond acceptors (Lipinski definition) is 1. The van der Waals surface area contributed by atoms with Crippen LogP contribution in [0, 0.1) is 12.3 Å². The van der Waals surface area contributed by atoms with E-state index in [1.54, 1.807) is 0 Å². The molecule has 0 fully saturated rings. The van der Waals surface area contributed by atoms with Gasteiger partial charge in [0.2, 0.25) is 0 Å². The van der Waals surface area contributed by atoms with Gasteiger partial charge >= 0.3 is 0 Å². The molecule has 0 aromatic carbocycles. The molecule has 64 valence electrons. The molecule has 1 rings (SSSR count). The van der Waals surface area contributed by atoms with Crippen molar-refractivity contribution in [2.24, 2.45) is 0 Å². The number of rotatable bonds is 3. The lowest BCUT2D eigenvalue weighted by atomic mass is 10.2. The van der Waals surface area contributed by atoms with Gasteiger partial charge in [0.1, 0.15) is 0 Å². The van der Waals surface area contributed by atoms with Gasteiger partial charge < -0.3 is 4.98 Å². The van der Waals surface area contributed by atoms with Crippen molar-refractivity contribution in [2.45, 2.75) is 19.5 Å². The van der Waals surface area contributed by atoms with E-state index < -0.39 is 0 Å². The van der Waals surface area contributed by atoms with Crippen molar-refractivity contribution < 1.29 is 0 Å². The molecule has 0 saturated carbocycles. The molecule has 0 aliphatic rings. The number of hydrogen-bond donors (Lipinski definition) is 1. The Morgan fingerprint density at radius 1 is 1.75 bits per heavy atom. The van der Waals surface area contributed by atoms with E-state index in [1.807, 2.05) is 26.4 Å². The van der Waals surface area contributed by atoms with Crippen LogP contribution in [-0.2, 0) is 6.54 Å². The van der Waals surface area contributed by atoms with E-state index in [4.69, 9.17) is 6.42 Å². The highest BCUT2D eigenvalue weighted by Crippen LogP contribution is 2.03. The Morgan fingerprint density at radius 2 is 2.50 bits per heavy atom. The third kappa shape index (κ3) is 2.14. The molecule has 1 unspecified atom stereocenters. The molecule has 1 aromatic rings. The monoisotopic (exact) mass is 162 g/mol. The maximum atomic E-state index is 5.30. The van der Waals surface area contributed by atoms with E-state index in [2.05, 4.69) is 21.9 Å².